The van der Waals surface area contributed by atoms with Gasteiger partial charge in [0.2, 0.25) is 5.95 Å². The Kier molecular flexibility index (Phi) is 5.52. The van der Waals surface area contributed by atoms with Crippen LogP contribution in [0, 0.1) is 17.8 Å². The molecule has 8 nitrogen and oxygen atoms in total. The van der Waals surface area contributed by atoms with Crippen LogP contribution in [0.3, 0.4) is 0 Å². The highest BCUT2D eigenvalue weighted by atomic mass is 32.2. The van der Waals surface area contributed by atoms with Gasteiger partial charge in [-0.2, -0.15) is 0 Å². The highest BCUT2D eigenvalue weighted by Gasteiger charge is 2.56. The number of aryl methyl sites for hydroxylation is 1. The molecule has 2 atom stereocenters. The molecule has 2 aromatic heterocycles. The SMILES string of the molecule is CCc1cnc(N2CC3C(CN(C)c4cnc(-c5ccc(S(C)(=O)=O)cc5)cn4)C3C2)nc1. The van der Waals surface area contributed by atoms with Crippen LogP contribution < -0.4 is 9.80 Å². The average molecular weight is 465 g/mol. The van der Waals surface area contributed by atoms with Crippen molar-refractivity contribution in [3.8, 4) is 11.3 Å². The number of fused-ring (bicyclic) bond motifs is 1. The van der Waals surface area contributed by atoms with E-state index in [1.165, 1.54) is 11.8 Å². The summed E-state index contributed by atoms with van der Waals surface area (Å²) in [7, 11) is -1.15. The van der Waals surface area contributed by atoms with Crippen molar-refractivity contribution in [2.45, 2.75) is 18.2 Å². The van der Waals surface area contributed by atoms with Crippen LogP contribution >= 0.6 is 0 Å². The van der Waals surface area contributed by atoms with E-state index in [4.69, 9.17) is 0 Å². The predicted octanol–water partition coefficient (Wildman–Crippen LogP) is 2.72. The Bertz CT molecular complexity index is 1220. The van der Waals surface area contributed by atoms with Gasteiger partial charge in [0, 0.05) is 50.9 Å². The number of sulfone groups is 1. The summed E-state index contributed by atoms with van der Waals surface area (Å²) in [6, 6.07) is 6.73. The molecule has 9 heteroatoms. The number of hydrogen-bond donors (Lipinski definition) is 0. The topological polar surface area (TPSA) is 92.2 Å². The molecule has 172 valence electrons. The molecule has 0 spiro atoms. The Morgan fingerprint density at radius 2 is 1.64 bits per heavy atom. The van der Waals surface area contributed by atoms with Crippen molar-refractivity contribution in [3.63, 3.8) is 0 Å². The summed E-state index contributed by atoms with van der Waals surface area (Å²) < 4.78 is 23.3. The van der Waals surface area contributed by atoms with Gasteiger partial charge in [-0.1, -0.05) is 19.1 Å². The quantitative estimate of drug-likeness (QED) is 0.527. The zero-order valence-corrected chi connectivity index (χ0v) is 19.9. The van der Waals surface area contributed by atoms with Crippen LogP contribution in [0.15, 0.2) is 53.9 Å². The molecule has 3 heterocycles. The summed E-state index contributed by atoms with van der Waals surface area (Å²) in [6.45, 7) is 5.10. The van der Waals surface area contributed by atoms with Gasteiger partial charge in [-0.05, 0) is 41.9 Å². The van der Waals surface area contributed by atoms with Crippen LogP contribution in [0.4, 0.5) is 11.8 Å². The lowest BCUT2D eigenvalue weighted by Crippen LogP contribution is -2.30. The number of aromatic nitrogens is 4. The molecule has 0 amide bonds. The summed E-state index contributed by atoms with van der Waals surface area (Å²) in [6.07, 6.45) is 9.55. The highest BCUT2D eigenvalue weighted by molar-refractivity contribution is 7.90. The smallest absolute Gasteiger partial charge is 0.225 e. The largest absolute Gasteiger partial charge is 0.358 e. The molecule has 1 aliphatic heterocycles. The van der Waals surface area contributed by atoms with Crippen molar-refractivity contribution in [2.24, 2.45) is 17.8 Å². The summed E-state index contributed by atoms with van der Waals surface area (Å²) in [5, 5.41) is 0. The van der Waals surface area contributed by atoms with Crippen molar-refractivity contribution in [3.05, 3.63) is 54.6 Å². The first-order chi connectivity index (χ1) is 15.8. The average Bonchev–Trinajstić information content (AvgIpc) is 3.25. The molecule has 0 radical (unpaired) electrons. The maximum Gasteiger partial charge on any atom is 0.225 e. The van der Waals surface area contributed by atoms with E-state index in [9.17, 15) is 8.42 Å². The third-order valence-corrected chi connectivity index (χ3v) is 7.97. The van der Waals surface area contributed by atoms with Crippen molar-refractivity contribution in [1.29, 1.82) is 0 Å². The summed E-state index contributed by atoms with van der Waals surface area (Å²) in [5.74, 6) is 3.71. The van der Waals surface area contributed by atoms with Crippen LogP contribution in [0.5, 0.6) is 0 Å². The Morgan fingerprint density at radius 3 is 2.18 bits per heavy atom. The third kappa shape index (κ3) is 4.42. The standard InChI is InChI=1S/C24H28N6O2S/c1-4-16-9-27-24(28-10-16)30-14-20-19(21(20)15-30)13-29(2)23-12-25-22(11-26-23)17-5-7-18(8-6-17)33(3,31)32/h5-12,19-21H,4,13-15H2,1-3H3. The molecule has 1 saturated carbocycles. The molecule has 1 saturated heterocycles. The first kappa shape index (κ1) is 21.8. The summed E-state index contributed by atoms with van der Waals surface area (Å²) in [5.41, 5.74) is 2.73. The second-order valence-electron chi connectivity index (χ2n) is 9.08. The van der Waals surface area contributed by atoms with E-state index in [2.05, 4.69) is 43.7 Å². The van der Waals surface area contributed by atoms with Gasteiger partial charge in [0.05, 0.1) is 23.0 Å². The van der Waals surface area contributed by atoms with Gasteiger partial charge >= 0.3 is 0 Å². The third-order valence-electron chi connectivity index (χ3n) is 6.85. The number of hydrogen-bond acceptors (Lipinski definition) is 8. The van der Waals surface area contributed by atoms with E-state index in [1.807, 2.05) is 12.4 Å². The second kappa shape index (κ2) is 8.37. The first-order valence-electron chi connectivity index (χ1n) is 11.2. The Hall–Kier alpha value is -3.07. The summed E-state index contributed by atoms with van der Waals surface area (Å²) >= 11 is 0. The van der Waals surface area contributed by atoms with E-state index in [-0.39, 0.29) is 0 Å². The van der Waals surface area contributed by atoms with Gasteiger partial charge < -0.3 is 9.80 Å². The molecule has 2 unspecified atom stereocenters. The second-order valence-corrected chi connectivity index (χ2v) is 11.1. The van der Waals surface area contributed by atoms with Crippen LogP contribution in [-0.4, -0.2) is 61.3 Å². The van der Waals surface area contributed by atoms with Gasteiger partial charge in [-0.25, -0.2) is 23.4 Å². The van der Waals surface area contributed by atoms with E-state index in [1.54, 1.807) is 36.7 Å². The number of rotatable bonds is 7. The molecule has 2 aliphatic rings. The fourth-order valence-electron chi connectivity index (χ4n) is 4.73. The van der Waals surface area contributed by atoms with Crippen LogP contribution in [0.2, 0.25) is 0 Å². The van der Waals surface area contributed by atoms with Crippen LogP contribution in [0.1, 0.15) is 12.5 Å². The van der Waals surface area contributed by atoms with Crippen molar-refractivity contribution < 1.29 is 8.42 Å². The minimum Gasteiger partial charge on any atom is -0.358 e. The normalized spacial score (nSPS) is 21.7. The lowest BCUT2D eigenvalue weighted by atomic mass is 10.2. The molecule has 33 heavy (non-hydrogen) atoms. The molecule has 3 aromatic rings. The zero-order valence-electron chi connectivity index (χ0n) is 19.1. The zero-order chi connectivity index (χ0) is 23.2. The fourth-order valence-corrected chi connectivity index (χ4v) is 5.36. The Morgan fingerprint density at radius 1 is 0.970 bits per heavy atom. The molecule has 0 N–H and O–H groups in total. The van der Waals surface area contributed by atoms with Crippen molar-refractivity contribution in [2.75, 3.05) is 42.7 Å². The Balaban J connectivity index is 1.17. The lowest BCUT2D eigenvalue weighted by molar-refractivity contribution is 0.602. The van der Waals surface area contributed by atoms with Crippen LogP contribution in [0.25, 0.3) is 11.3 Å². The molecule has 1 aliphatic carbocycles. The molecule has 1 aromatic carbocycles. The maximum atomic E-state index is 11.6. The number of benzene rings is 1. The van der Waals surface area contributed by atoms with Gasteiger partial charge in [-0.3, -0.25) is 4.98 Å². The molecular formula is C24H28N6O2S. The van der Waals surface area contributed by atoms with E-state index < -0.39 is 9.84 Å². The molecule has 5 rings (SSSR count). The van der Waals surface area contributed by atoms with Crippen molar-refractivity contribution in [1.82, 2.24) is 19.9 Å². The monoisotopic (exact) mass is 464 g/mol. The lowest BCUT2D eigenvalue weighted by Gasteiger charge is -2.23. The first-order valence-corrected chi connectivity index (χ1v) is 13.1. The highest BCUT2D eigenvalue weighted by Crippen LogP contribution is 2.52. The maximum absolute atomic E-state index is 11.6. The predicted molar refractivity (Wildman–Crippen MR) is 128 cm³/mol. The van der Waals surface area contributed by atoms with E-state index in [0.29, 0.717) is 22.6 Å². The van der Waals surface area contributed by atoms with E-state index >= 15 is 0 Å². The number of nitrogens with zero attached hydrogens (tertiary/aromatic N) is 6. The minimum atomic E-state index is -3.21. The van der Waals surface area contributed by atoms with Gasteiger partial charge in [0.1, 0.15) is 5.82 Å². The fraction of sp³-hybridized carbons (Fsp3) is 0.417. The number of anilines is 2. The van der Waals surface area contributed by atoms with Crippen molar-refractivity contribution >= 4 is 21.6 Å². The van der Waals surface area contributed by atoms with Gasteiger partial charge in [0.25, 0.3) is 0 Å². The molecular weight excluding hydrogens is 436 g/mol. The van der Waals surface area contributed by atoms with Gasteiger partial charge in [0.15, 0.2) is 9.84 Å². The number of piperidine rings is 1. The van der Waals surface area contributed by atoms with Crippen LogP contribution in [-0.2, 0) is 16.3 Å². The molecule has 0 bridgehead atoms. The van der Waals surface area contributed by atoms with E-state index in [0.717, 1.165) is 49.1 Å². The van der Waals surface area contributed by atoms with Gasteiger partial charge in [-0.15, -0.1) is 0 Å². The Labute approximate surface area is 194 Å². The molecule has 2 fully saturated rings. The summed E-state index contributed by atoms with van der Waals surface area (Å²) in [4.78, 5) is 23.0. The minimum absolute atomic E-state index is 0.300.